The largest absolute Gasteiger partial charge is 0.307 e. The van der Waals surface area contributed by atoms with Crippen molar-refractivity contribution < 1.29 is 0 Å². The van der Waals surface area contributed by atoms with Crippen LogP contribution in [-0.2, 0) is 6.42 Å². The van der Waals surface area contributed by atoms with Crippen molar-refractivity contribution in [3.63, 3.8) is 0 Å². The monoisotopic (exact) mass is 356 g/mol. The van der Waals surface area contributed by atoms with Gasteiger partial charge in [-0.3, -0.25) is 5.10 Å². The van der Waals surface area contributed by atoms with Crippen LogP contribution in [0.1, 0.15) is 17.7 Å². The molecule has 0 spiro atoms. The lowest BCUT2D eigenvalue weighted by atomic mass is 10.3. The molecule has 1 N–H and O–H groups in total. The molecule has 24 heavy (non-hydrogen) atoms. The Balaban J connectivity index is 1.74. The highest BCUT2D eigenvalue weighted by molar-refractivity contribution is 7.15. The Morgan fingerprint density at radius 1 is 1.38 bits per heavy atom. The Bertz CT molecular complexity index is 894. The van der Waals surface area contributed by atoms with Gasteiger partial charge in [-0.1, -0.05) is 11.6 Å². The Morgan fingerprint density at radius 3 is 2.96 bits per heavy atom. The summed E-state index contributed by atoms with van der Waals surface area (Å²) in [5, 5.41) is 16.3. The van der Waals surface area contributed by atoms with Crippen LogP contribution >= 0.6 is 22.9 Å². The van der Waals surface area contributed by atoms with E-state index in [0.29, 0.717) is 29.1 Å². The van der Waals surface area contributed by atoms with Crippen LogP contribution in [0.5, 0.6) is 0 Å². The number of thiophene rings is 1. The standard InChI is InChI=1S/C16H13ClN6S/c17-12-9-19-15(13-4-3-11(24-13)5-7-18)21-16(12)23(10-1-2-10)14-6-8-20-22-14/h3-4,6,8-10H,1-2,5H2,(H,20,22). The van der Waals surface area contributed by atoms with Gasteiger partial charge in [0.1, 0.15) is 10.8 Å². The summed E-state index contributed by atoms with van der Waals surface area (Å²) in [7, 11) is 0. The van der Waals surface area contributed by atoms with E-state index < -0.39 is 0 Å². The summed E-state index contributed by atoms with van der Waals surface area (Å²) < 4.78 is 0. The topological polar surface area (TPSA) is 81.5 Å². The van der Waals surface area contributed by atoms with E-state index >= 15 is 0 Å². The zero-order chi connectivity index (χ0) is 16.5. The van der Waals surface area contributed by atoms with Crippen molar-refractivity contribution in [3.05, 3.63) is 40.5 Å². The molecule has 3 heterocycles. The Kier molecular flexibility index (Phi) is 3.92. The van der Waals surface area contributed by atoms with Crippen molar-refractivity contribution in [2.24, 2.45) is 0 Å². The molecule has 0 radical (unpaired) electrons. The van der Waals surface area contributed by atoms with Gasteiger partial charge in [0.2, 0.25) is 0 Å². The van der Waals surface area contributed by atoms with E-state index in [1.165, 1.54) is 11.3 Å². The third-order valence-electron chi connectivity index (χ3n) is 3.75. The van der Waals surface area contributed by atoms with E-state index in [4.69, 9.17) is 21.8 Å². The van der Waals surface area contributed by atoms with Gasteiger partial charge in [0.05, 0.1) is 29.8 Å². The molecule has 120 valence electrons. The highest BCUT2D eigenvalue weighted by Gasteiger charge is 2.33. The maximum atomic E-state index is 8.82. The lowest BCUT2D eigenvalue weighted by Crippen LogP contribution is -2.21. The normalized spacial score (nSPS) is 13.7. The van der Waals surface area contributed by atoms with Crippen LogP contribution < -0.4 is 4.90 Å². The number of nitrogens with zero attached hydrogens (tertiary/aromatic N) is 5. The Hall–Kier alpha value is -2.43. The van der Waals surface area contributed by atoms with Crippen LogP contribution in [0.15, 0.2) is 30.6 Å². The minimum Gasteiger partial charge on any atom is -0.307 e. The van der Waals surface area contributed by atoms with E-state index in [1.807, 2.05) is 18.2 Å². The molecule has 1 aliphatic rings. The van der Waals surface area contributed by atoms with Gasteiger partial charge >= 0.3 is 0 Å². The number of aromatic nitrogens is 4. The van der Waals surface area contributed by atoms with Gasteiger partial charge in [0, 0.05) is 17.0 Å². The van der Waals surface area contributed by atoms with Crippen molar-refractivity contribution in [1.29, 1.82) is 5.26 Å². The van der Waals surface area contributed by atoms with Crippen LogP contribution in [0.4, 0.5) is 11.6 Å². The molecule has 1 fully saturated rings. The molecular formula is C16H13ClN6S. The first-order valence-electron chi connectivity index (χ1n) is 7.53. The van der Waals surface area contributed by atoms with Gasteiger partial charge in [0.25, 0.3) is 0 Å². The molecule has 8 heteroatoms. The molecule has 6 nitrogen and oxygen atoms in total. The lowest BCUT2D eigenvalue weighted by Gasteiger charge is -2.22. The first kappa shape index (κ1) is 15.1. The number of hydrogen-bond acceptors (Lipinski definition) is 6. The minimum absolute atomic E-state index is 0.378. The zero-order valence-electron chi connectivity index (χ0n) is 12.6. The zero-order valence-corrected chi connectivity index (χ0v) is 14.2. The fourth-order valence-corrected chi connectivity index (χ4v) is 3.58. The van der Waals surface area contributed by atoms with Gasteiger partial charge in [-0.25, -0.2) is 9.97 Å². The van der Waals surface area contributed by atoms with E-state index in [1.54, 1.807) is 12.4 Å². The number of aromatic amines is 1. The Morgan fingerprint density at radius 2 is 2.25 bits per heavy atom. The van der Waals surface area contributed by atoms with Gasteiger partial charge in [-0.05, 0) is 25.0 Å². The molecule has 1 aliphatic carbocycles. The van der Waals surface area contributed by atoms with Crippen LogP contribution in [0.25, 0.3) is 10.7 Å². The van der Waals surface area contributed by atoms with Gasteiger partial charge < -0.3 is 4.90 Å². The second kappa shape index (κ2) is 6.23. The molecule has 3 aromatic rings. The molecule has 0 atom stereocenters. The van der Waals surface area contributed by atoms with Crippen LogP contribution in [0, 0.1) is 11.3 Å². The molecule has 0 aromatic carbocycles. The van der Waals surface area contributed by atoms with Crippen LogP contribution in [-0.4, -0.2) is 26.2 Å². The highest BCUT2D eigenvalue weighted by atomic mass is 35.5. The van der Waals surface area contributed by atoms with Gasteiger partial charge in [-0.15, -0.1) is 11.3 Å². The number of nitriles is 1. The highest BCUT2D eigenvalue weighted by Crippen LogP contribution is 2.40. The number of halogens is 1. The smallest absolute Gasteiger partial charge is 0.171 e. The SMILES string of the molecule is N#CCc1ccc(-c2ncc(Cl)c(N(c3ccn[nH]3)C3CC3)n2)s1. The number of rotatable bonds is 5. The van der Waals surface area contributed by atoms with Gasteiger partial charge in [-0.2, -0.15) is 10.4 Å². The predicted octanol–water partition coefficient (Wildman–Crippen LogP) is 3.95. The summed E-state index contributed by atoms with van der Waals surface area (Å²) in [4.78, 5) is 13.1. The van der Waals surface area contributed by atoms with Crippen molar-refractivity contribution in [1.82, 2.24) is 20.2 Å². The van der Waals surface area contributed by atoms with Crippen molar-refractivity contribution >= 4 is 34.6 Å². The minimum atomic E-state index is 0.378. The number of hydrogen-bond donors (Lipinski definition) is 1. The second-order valence-electron chi connectivity index (χ2n) is 5.51. The van der Waals surface area contributed by atoms with Crippen LogP contribution in [0.2, 0.25) is 5.02 Å². The number of anilines is 2. The molecular weight excluding hydrogens is 344 g/mol. The molecule has 3 aromatic heterocycles. The molecule has 0 amide bonds. The van der Waals surface area contributed by atoms with Gasteiger partial charge in [0.15, 0.2) is 11.6 Å². The molecule has 0 bridgehead atoms. The quantitative estimate of drug-likeness (QED) is 0.748. The number of nitrogens with one attached hydrogen (secondary N) is 1. The van der Waals surface area contributed by atoms with Crippen molar-refractivity contribution in [2.45, 2.75) is 25.3 Å². The van der Waals surface area contributed by atoms with E-state index in [0.717, 1.165) is 28.4 Å². The van der Waals surface area contributed by atoms with Crippen molar-refractivity contribution in [2.75, 3.05) is 4.90 Å². The molecule has 4 rings (SSSR count). The van der Waals surface area contributed by atoms with Crippen LogP contribution in [0.3, 0.4) is 0 Å². The number of H-pyrrole nitrogens is 1. The van der Waals surface area contributed by atoms with Crippen molar-refractivity contribution in [3.8, 4) is 16.8 Å². The maximum Gasteiger partial charge on any atom is 0.171 e. The predicted molar refractivity (Wildman–Crippen MR) is 93.4 cm³/mol. The summed E-state index contributed by atoms with van der Waals surface area (Å²) in [6.45, 7) is 0. The van der Waals surface area contributed by atoms with E-state index in [-0.39, 0.29) is 0 Å². The second-order valence-corrected chi connectivity index (χ2v) is 7.08. The summed E-state index contributed by atoms with van der Waals surface area (Å²) >= 11 is 7.91. The molecule has 0 saturated heterocycles. The molecule has 1 saturated carbocycles. The maximum absolute atomic E-state index is 8.82. The average Bonchev–Trinajstić information content (AvgIpc) is 3.07. The summed E-state index contributed by atoms with van der Waals surface area (Å²) in [5.41, 5.74) is 0. The first-order chi connectivity index (χ1) is 11.8. The third-order valence-corrected chi connectivity index (χ3v) is 5.09. The summed E-state index contributed by atoms with van der Waals surface area (Å²) in [6, 6.07) is 8.33. The van der Waals surface area contributed by atoms with E-state index in [2.05, 4.69) is 26.2 Å². The lowest BCUT2D eigenvalue weighted by molar-refractivity contribution is 0.901. The summed E-state index contributed by atoms with van der Waals surface area (Å²) in [5.74, 6) is 2.18. The summed E-state index contributed by atoms with van der Waals surface area (Å²) in [6.07, 6.45) is 5.94. The molecule has 0 unspecified atom stereocenters. The fraction of sp³-hybridized carbons (Fsp3) is 0.250. The molecule has 0 aliphatic heterocycles. The third kappa shape index (κ3) is 2.86. The fourth-order valence-electron chi connectivity index (χ4n) is 2.52. The van der Waals surface area contributed by atoms with E-state index in [9.17, 15) is 0 Å². The Labute approximate surface area is 147 Å². The first-order valence-corrected chi connectivity index (χ1v) is 8.73. The average molecular weight is 357 g/mol.